The molecule has 1 aromatic rings. The largest absolute Gasteiger partial charge is 0.399 e. The molecule has 3 nitrogen and oxygen atoms in total. The van der Waals surface area contributed by atoms with Gasteiger partial charge in [0.05, 0.1) is 6.61 Å². The van der Waals surface area contributed by atoms with Crippen LogP contribution in [0.15, 0.2) is 22.7 Å². The summed E-state index contributed by atoms with van der Waals surface area (Å²) in [5.74, 6) is 0. The van der Waals surface area contributed by atoms with Gasteiger partial charge in [0.2, 0.25) is 0 Å². The molecule has 0 unspecified atom stereocenters. The Kier molecular flexibility index (Phi) is 5.68. The van der Waals surface area contributed by atoms with Crippen LogP contribution in [0.2, 0.25) is 0 Å². The van der Waals surface area contributed by atoms with Gasteiger partial charge in [-0.25, -0.2) is 0 Å². The first-order valence-electron chi connectivity index (χ1n) is 4.84. The molecule has 0 aliphatic rings. The molecule has 1 aromatic carbocycles. The lowest BCUT2D eigenvalue weighted by atomic mass is 10.2. The number of methoxy groups -OCH3 is 1. The molecule has 84 valence electrons. The van der Waals surface area contributed by atoms with Crippen molar-refractivity contribution in [2.24, 2.45) is 0 Å². The summed E-state index contributed by atoms with van der Waals surface area (Å²) in [6, 6.07) is 5.79. The van der Waals surface area contributed by atoms with E-state index in [1.165, 1.54) is 0 Å². The summed E-state index contributed by atoms with van der Waals surface area (Å²) in [7, 11) is 1.69. The van der Waals surface area contributed by atoms with E-state index in [0.717, 1.165) is 28.8 Å². The maximum Gasteiger partial charge on any atom is 0.0718 e. The van der Waals surface area contributed by atoms with Gasteiger partial charge in [-0.15, -0.1) is 0 Å². The summed E-state index contributed by atoms with van der Waals surface area (Å²) >= 11 is 3.39. The molecule has 0 spiro atoms. The molecule has 15 heavy (non-hydrogen) atoms. The number of anilines is 1. The summed E-state index contributed by atoms with van der Waals surface area (Å²) in [5, 5.41) is 0. The van der Waals surface area contributed by atoms with Crippen LogP contribution in [-0.2, 0) is 16.1 Å². The summed E-state index contributed by atoms with van der Waals surface area (Å²) < 4.78 is 11.4. The minimum Gasteiger partial charge on any atom is -0.399 e. The molecular weight excluding hydrogens is 258 g/mol. The SMILES string of the molecule is COCCCOCc1cc(N)cc(Br)c1. The summed E-state index contributed by atoms with van der Waals surface area (Å²) in [6.07, 6.45) is 0.917. The third-order valence-corrected chi connectivity index (χ3v) is 2.34. The van der Waals surface area contributed by atoms with Crippen molar-refractivity contribution in [1.29, 1.82) is 0 Å². The van der Waals surface area contributed by atoms with Crippen LogP contribution in [0, 0.1) is 0 Å². The Morgan fingerprint density at radius 3 is 2.73 bits per heavy atom. The summed E-state index contributed by atoms with van der Waals surface area (Å²) in [5.41, 5.74) is 7.54. The third kappa shape index (κ3) is 5.16. The Hall–Kier alpha value is -0.580. The molecule has 1 rings (SSSR count). The Labute approximate surface area is 98.7 Å². The molecule has 0 saturated heterocycles. The highest BCUT2D eigenvalue weighted by molar-refractivity contribution is 9.10. The summed E-state index contributed by atoms with van der Waals surface area (Å²) in [6.45, 7) is 2.04. The predicted octanol–water partition coefficient (Wildman–Crippen LogP) is 2.58. The first-order valence-corrected chi connectivity index (χ1v) is 5.63. The van der Waals surface area contributed by atoms with Gasteiger partial charge in [-0.2, -0.15) is 0 Å². The van der Waals surface area contributed by atoms with Crippen LogP contribution < -0.4 is 5.73 Å². The molecule has 0 amide bonds. The molecule has 4 heteroatoms. The number of hydrogen-bond donors (Lipinski definition) is 1. The van der Waals surface area contributed by atoms with Gasteiger partial charge in [-0.3, -0.25) is 0 Å². The predicted molar refractivity (Wildman–Crippen MR) is 64.7 cm³/mol. The smallest absolute Gasteiger partial charge is 0.0718 e. The van der Waals surface area contributed by atoms with E-state index in [0.29, 0.717) is 13.2 Å². The molecule has 0 aliphatic heterocycles. The zero-order chi connectivity index (χ0) is 11.1. The van der Waals surface area contributed by atoms with Gasteiger partial charge in [-0.05, 0) is 30.2 Å². The van der Waals surface area contributed by atoms with E-state index >= 15 is 0 Å². The number of halogens is 1. The van der Waals surface area contributed by atoms with Gasteiger partial charge in [0, 0.05) is 30.5 Å². The molecular formula is C11H16BrNO2. The molecule has 0 bridgehead atoms. The van der Waals surface area contributed by atoms with E-state index in [-0.39, 0.29) is 0 Å². The van der Waals surface area contributed by atoms with E-state index in [2.05, 4.69) is 15.9 Å². The average Bonchev–Trinajstić information content (AvgIpc) is 2.16. The lowest BCUT2D eigenvalue weighted by Gasteiger charge is -2.05. The van der Waals surface area contributed by atoms with Gasteiger partial charge >= 0.3 is 0 Å². The zero-order valence-corrected chi connectivity index (χ0v) is 10.4. The van der Waals surface area contributed by atoms with Gasteiger partial charge < -0.3 is 15.2 Å². The van der Waals surface area contributed by atoms with E-state index in [4.69, 9.17) is 15.2 Å². The van der Waals surface area contributed by atoms with E-state index in [1.807, 2.05) is 18.2 Å². The molecule has 2 N–H and O–H groups in total. The Morgan fingerprint density at radius 1 is 1.27 bits per heavy atom. The van der Waals surface area contributed by atoms with Crippen molar-refractivity contribution in [2.75, 3.05) is 26.1 Å². The van der Waals surface area contributed by atoms with Gasteiger partial charge in [0.1, 0.15) is 0 Å². The highest BCUT2D eigenvalue weighted by Crippen LogP contribution is 2.17. The van der Waals surface area contributed by atoms with Crippen LogP contribution in [0.1, 0.15) is 12.0 Å². The van der Waals surface area contributed by atoms with Crippen LogP contribution >= 0.6 is 15.9 Å². The number of rotatable bonds is 6. The van der Waals surface area contributed by atoms with E-state index in [1.54, 1.807) is 7.11 Å². The fraction of sp³-hybridized carbons (Fsp3) is 0.455. The van der Waals surface area contributed by atoms with Gasteiger partial charge in [0.25, 0.3) is 0 Å². The van der Waals surface area contributed by atoms with E-state index in [9.17, 15) is 0 Å². The van der Waals surface area contributed by atoms with Crippen molar-refractivity contribution >= 4 is 21.6 Å². The number of nitrogens with two attached hydrogens (primary N) is 1. The van der Waals surface area contributed by atoms with Crippen molar-refractivity contribution in [3.05, 3.63) is 28.2 Å². The topological polar surface area (TPSA) is 44.5 Å². The van der Waals surface area contributed by atoms with Gasteiger partial charge in [-0.1, -0.05) is 15.9 Å². The lowest BCUT2D eigenvalue weighted by molar-refractivity contribution is 0.0928. The average molecular weight is 274 g/mol. The van der Waals surface area contributed by atoms with Crippen molar-refractivity contribution < 1.29 is 9.47 Å². The van der Waals surface area contributed by atoms with Crippen LogP contribution in [0.25, 0.3) is 0 Å². The first-order chi connectivity index (χ1) is 7.22. The van der Waals surface area contributed by atoms with Crippen molar-refractivity contribution in [3.63, 3.8) is 0 Å². The van der Waals surface area contributed by atoms with Crippen LogP contribution in [-0.4, -0.2) is 20.3 Å². The summed E-state index contributed by atoms with van der Waals surface area (Å²) in [4.78, 5) is 0. The monoisotopic (exact) mass is 273 g/mol. The van der Waals surface area contributed by atoms with Crippen LogP contribution in [0.4, 0.5) is 5.69 Å². The van der Waals surface area contributed by atoms with E-state index < -0.39 is 0 Å². The quantitative estimate of drug-likeness (QED) is 0.640. The molecule has 0 heterocycles. The molecule has 0 aromatic heterocycles. The minimum atomic E-state index is 0.591. The highest BCUT2D eigenvalue weighted by atomic mass is 79.9. The second-order valence-corrected chi connectivity index (χ2v) is 4.21. The molecule has 0 aliphatic carbocycles. The normalized spacial score (nSPS) is 10.5. The number of nitrogen functional groups attached to an aromatic ring is 1. The maximum absolute atomic E-state index is 5.71. The second kappa shape index (κ2) is 6.82. The lowest BCUT2D eigenvalue weighted by Crippen LogP contribution is -1.99. The van der Waals surface area contributed by atoms with Crippen LogP contribution in [0.5, 0.6) is 0 Å². The van der Waals surface area contributed by atoms with Gasteiger partial charge in [0.15, 0.2) is 0 Å². The molecule has 0 radical (unpaired) electrons. The third-order valence-electron chi connectivity index (χ3n) is 1.89. The number of hydrogen-bond acceptors (Lipinski definition) is 3. The second-order valence-electron chi connectivity index (χ2n) is 3.29. The van der Waals surface area contributed by atoms with Crippen molar-refractivity contribution in [3.8, 4) is 0 Å². The fourth-order valence-corrected chi connectivity index (χ4v) is 1.81. The highest BCUT2D eigenvalue weighted by Gasteiger charge is 1.97. The molecule has 0 atom stereocenters. The standard InChI is InChI=1S/C11H16BrNO2/c1-14-3-2-4-15-8-9-5-10(12)7-11(13)6-9/h5-7H,2-4,8,13H2,1H3. The first kappa shape index (κ1) is 12.5. The Morgan fingerprint density at radius 2 is 2.07 bits per heavy atom. The molecule has 0 saturated carbocycles. The number of ether oxygens (including phenoxy) is 2. The number of benzene rings is 1. The Balaban J connectivity index is 2.31. The maximum atomic E-state index is 5.71. The minimum absolute atomic E-state index is 0.591. The van der Waals surface area contributed by atoms with Crippen molar-refractivity contribution in [1.82, 2.24) is 0 Å². The van der Waals surface area contributed by atoms with Crippen molar-refractivity contribution in [2.45, 2.75) is 13.0 Å². The zero-order valence-electron chi connectivity index (χ0n) is 8.83. The fourth-order valence-electron chi connectivity index (χ4n) is 1.25. The molecule has 0 fully saturated rings. The van der Waals surface area contributed by atoms with Crippen LogP contribution in [0.3, 0.4) is 0 Å². The Bertz CT molecular complexity index is 284.